The molecule has 1 fully saturated rings. The number of hydrogen-bond donors (Lipinski definition) is 2. The maximum Gasteiger partial charge on any atom is 0.324 e. The van der Waals surface area contributed by atoms with Crippen LogP contribution < -0.4 is 10.5 Å². The van der Waals surface area contributed by atoms with Crippen molar-refractivity contribution in [2.24, 2.45) is 5.14 Å². The molecule has 2 rings (SSSR count). The molecular weight excluding hydrogens is 390 g/mol. The minimum Gasteiger partial charge on any atom is -0.465 e. The molecule has 0 radical (unpaired) electrons. The van der Waals surface area contributed by atoms with Crippen molar-refractivity contribution in [3.8, 4) is 0 Å². The largest absolute Gasteiger partial charge is 0.465 e. The van der Waals surface area contributed by atoms with Crippen LogP contribution in [-0.4, -0.2) is 69.0 Å². The first-order valence-electron chi connectivity index (χ1n) is 8.68. The van der Waals surface area contributed by atoms with Crippen molar-refractivity contribution >= 4 is 33.7 Å². The molecule has 0 spiro atoms. The van der Waals surface area contributed by atoms with Crippen molar-refractivity contribution in [3.63, 3.8) is 0 Å². The molecule has 10 heteroatoms. The van der Waals surface area contributed by atoms with E-state index in [1.165, 1.54) is 12.1 Å². The van der Waals surface area contributed by atoms with Gasteiger partial charge in [-0.05, 0) is 31.0 Å². The number of sulfonamides is 1. The monoisotopic (exact) mass is 415 g/mol. The Bertz CT molecular complexity index is 752. The standard InChI is InChI=1S/C17H25N3O5S2/c1-2-25-17(22)15-12-26-10-9-20(15)11-16(21)19-8-7-13-3-5-14(6-4-13)27(18,23)24/h3-6,15H,2,7-12H2,1H3,(H,19,21)(H2,18,23,24). The van der Waals surface area contributed by atoms with Crippen molar-refractivity contribution in [2.75, 3.05) is 37.7 Å². The van der Waals surface area contributed by atoms with Gasteiger partial charge in [0, 0.05) is 24.6 Å². The predicted molar refractivity (Wildman–Crippen MR) is 104 cm³/mol. The SMILES string of the molecule is CCOC(=O)C1CSCCN1CC(=O)NCCc1ccc(S(N)(=O)=O)cc1. The highest BCUT2D eigenvalue weighted by Gasteiger charge is 2.31. The first-order chi connectivity index (χ1) is 12.8. The first kappa shape index (κ1) is 21.7. The fourth-order valence-corrected chi connectivity index (χ4v) is 4.33. The van der Waals surface area contributed by atoms with Gasteiger partial charge >= 0.3 is 5.97 Å². The Morgan fingerprint density at radius 2 is 2.04 bits per heavy atom. The summed E-state index contributed by atoms with van der Waals surface area (Å²) in [5.74, 6) is 1.06. The highest BCUT2D eigenvalue weighted by molar-refractivity contribution is 7.99. The molecule has 1 aliphatic heterocycles. The van der Waals surface area contributed by atoms with Crippen LogP contribution in [0.4, 0.5) is 0 Å². The normalized spacial score (nSPS) is 18.1. The van der Waals surface area contributed by atoms with Crippen LogP contribution in [0, 0.1) is 0 Å². The lowest BCUT2D eigenvalue weighted by molar-refractivity contribution is -0.149. The molecule has 3 N–H and O–H groups in total. The van der Waals surface area contributed by atoms with E-state index in [0.717, 1.165) is 11.3 Å². The minimum absolute atomic E-state index is 0.0586. The van der Waals surface area contributed by atoms with Gasteiger partial charge in [-0.15, -0.1) is 0 Å². The molecule has 1 aliphatic rings. The summed E-state index contributed by atoms with van der Waals surface area (Å²) >= 11 is 1.68. The number of benzene rings is 1. The molecule has 0 bridgehead atoms. The topological polar surface area (TPSA) is 119 Å². The van der Waals surface area contributed by atoms with Gasteiger partial charge in [-0.3, -0.25) is 14.5 Å². The van der Waals surface area contributed by atoms with Gasteiger partial charge in [0.15, 0.2) is 0 Å². The van der Waals surface area contributed by atoms with Crippen molar-refractivity contribution in [3.05, 3.63) is 29.8 Å². The number of nitrogens with zero attached hydrogens (tertiary/aromatic N) is 1. The molecular formula is C17H25N3O5S2. The molecule has 150 valence electrons. The van der Waals surface area contributed by atoms with Gasteiger partial charge in [0.25, 0.3) is 0 Å². The van der Waals surface area contributed by atoms with Crippen molar-refractivity contribution in [2.45, 2.75) is 24.3 Å². The average molecular weight is 416 g/mol. The van der Waals surface area contributed by atoms with E-state index in [4.69, 9.17) is 9.88 Å². The quantitative estimate of drug-likeness (QED) is 0.573. The fraction of sp³-hybridized carbons (Fsp3) is 0.529. The van der Waals surface area contributed by atoms with Crippen LogP contribution in [0.1, 0.15) is 12.5 Å². The van der Waals surface area contributed by atoms with Gasteiger partial charge in [-0.25, -0.2) is 13.6 Å². The third-order valence-electron chi connectivity index (χ3n) is 4.13. The smallest absolute Gasteiger partial charge is 0.324 e. The Labute approximate surface area is 163 Å². The Morgan fingerprint density at radius 1 is 1.33 bits per heavy atom. The molecule has 0 aromatic heterocycles. The second-order valence-corrected chi connectivity index (χ2v) is 8.81. The number of amides is 1. The molecule has 27 heavy (non-hydrogen) atoms. The van der Waals surface area contributed by atoms with Crippen LogP contribution in [0.3, 0.4) is 0 Å². The van der Waals surface area contributed by atoms with Crippen molar-refractivity contribution in [1.82, 2.24) is 10.2 Å². The van der Waals surface area contributed by atoms with Crippen molar-refractivity contribution < 1.29 is 22.7 Å². The zero-order valence-corrected chi connectivity index (χ0v) is 16.9. The highest BCUT2D eigenvalue weighted by Crippen LogP contribution is 2.17. The average Bonchev–Trinajstić information content (AvgIpc) is 2.62. The highest BCUT2D eigenvalue weighted by atomic mass is 32.2. The maximum atomic E-state index is 12.2. The van der Waals surface area contributed by atoms with E-state index < -0.39 is 10.0 Å². The number of nitrogens with two attached hydrogens (primary N) is 1. The number of carbonyl (C=O) groups excluding carboxylic acids is 2. The van der Waals surface area contributed by atoms with Gasteiger partial charge in [-0.1, -0.05) is 12.1 Å². The van der Waals surface area contributed by atoms with Gasteiger partial charge in [0.1, 0.15) is 6.04 Å². The Balaban J connectivity index is 1.80. The van der Waals surface area contributed by atoms with E-state index >= 15 is 0 Å². The molecule has 1 aromatic carbocycles. The second kappa shape index (κ2) is 10.1. The summed E-state index contributed by atoms with van der Waals surface area (Å²) < 4.78 is 27.6. The first-order valence-corrected chi connectivity index (χ1v) is 11.4. The Morgan fingerprint density at radius 3 is 2.67 bits per heavy atom. The van der Waals surface area contributed by atoms with E-state index in [0.29, 0.717) is 31.9 Å². The van der Waals surface area contributed by atoms with Crippen LogP contribution >= 0.6 is 11.8 Å². The molecule has 0 aliphatic carbocycles. The van der Waals surface area contributed by atoms with Gasteiger partial charge in [0.05, 0.1) is 18.0 Å². The van der Waals surface area contributed by atoms with E-state index in [-0.39, 0.29) is 29.4 Å². The van der Waals surface area contributed by atoms with Gasteiger partial charge in [0.2, 0.25) is 15.9 Å². The number of hydrogen-bond acceptors (Lipinski definition) is 7. The number of esters is 1. The van der Waals surface area contributed by atoms with Gasteiger partial charge in [-0.2, -0.15) is 11.8 Å². The van der Waals surface area contributed by atoms with Gasteiger partial charge < -0.3 is 10.1 Å². The number of ether oxygens (including phenoxy) is 1. The lowest BCUT2D eigenvalue weighted by atomic mass is 10.1. The molecule has 8 nitrogen and oxygen atoms in total. The lowest BCUT2D eigenvalue weighted by Gasteiger charge is -2.32. The minimum atomic E-state index is -3.70. The van der Waals surface area contributed by atoms with Crippen LogP contribution in [0.25, 0.3) is 0 Å². The van der Waals surface area contributed by atoms with Crippen LogP contribution in [0.5, 0.6) is 0 Å². The molecule has 1 heterocycles. The summed E-state index contributed by atoms with van der Waals surface area (Å²) in [6.45, 7) is 3.32. The zero-order valence-electron chi connectivity index (χ0n) is 15.2. The molecule has 1 aromatic rings. The third-order valence-corrected chi connectivity index (χ3v) is 6.08. The van der Waals surface area contributed by atoms with E-state index in [9.17, 15) is 18.0 Å². The lowest BCUT2D eigenvalue weighted by Crippen LogP contribution is -2.51. The van der Waals surface area contributed by atoms with E-state index in [1.54, 1.807) is 30.8 Å². The number of carbonyl (C=O) groups is 2. The molecule has 1 unspecified atom stereocenters. The predicted octanol–water partition coefficient (Wildman–Crippen LogP) is -0.0268. The van der Waals surface area contributed by atoms with Crippen molar-refractivity contribution in [1.29, 1.82) is 0 Å². The second-order valence-electron chi connectivity index (χ2n) is 6.10. The summed E-state index contributed by atoms with van der Waals surface area (Å²) in [6, 6.07) is 5.85. The molecule has 1 atom stereocenters. The molecule has 1 saturated heterocycles. The Hall–Kier alpha value is -1.62. The van der Waals surface area contributed by atoms with Crippen LogP contribution in [-0.2, 0) is 30.8 Å². The zero-order chi connectivity index (χ0) is 19.9. The fourth-order valence-electron chi connectivity index (χ4n) is 2.72. The van der Waals surface area contributed by atoms with Crippen LogP contribution in [0.2, 0.25) is 0 Å². The Kier molecular flexibility index (Phi) is 8.08. The number of thioether (sulfide) groups is 1. The summed E-state index contributed by atoms with van der Waals surface area (Å²) in [7, 11) is -3.70. The molecule has 1 amide bonds. The number of nitrogens with one attached hydrogen (secondary N) is 1. The maximum absolute atomic E-state index is 12.2. The van der Waals surface area contributed by atoms with E-state index in [1.807, 2.05) is 4.90 Å². The van der Waals surface area contributed by atoms with Crippen LogP contribution in [0.15, 0.2) is 29.2 Å². The summed E-state index contributed by atoms with van der Waals surface area (Å²) in [5.41, 5.74) is 0.890. The number of rotatable bonds is 8. The van der Waals surface area contributed by atoms with E-state index in [2.05, 4.69) is 5.32 Å². The summed E-state index contributed by atoms with van der Waals surface area (Å²) in [5, 5.41) is 7.90. The summed E-state index contributed by atoms with van der Waals surface area (Å²) in [6.07, 6.45) is 0.563. The molecule has 0 saturated carbocycles. The third kappa shape index (κ3) is 6.80. The number of primary sulfonamides is 1. The summed E-state index contributed by atoms with van der Waals surface area (Å²) in [4.78, 5) is 26.1.